The summed E-state index contributed by atoms with van der Waals surface area (Å²) in [6.07, 6.45) is 0. The molecule has 0 radical (unpaired) electrons. The fraction of sp³-hybridized carbons (Fsp3) is 0.348. The number of benzene rings is 2. The second kappa shape index (κ2) is 9.43. The smallest absolute Gasteiger partial charge is 0.267 e. The molecule has 0 spiro atoms. The minimum absolute atomic E-state index is 0.186. The van der Waals surface area contributed by atoms with Gasteiger partial charge in [0.2, 0.25) is 0 Å². The lowest BCUT2D eigenvalue weighted by Crippen LogP contribution is -2.35. The minimum Gasteiger partial charge on any atom is -0.496 e. The standard InChI is InChI=1S/C23H29N3O4/c1-6-26(16-9-7-8-15(2)12-16)11-10-24-23(27)18-13-17-19(28-3)14-20(29-4)22(30-5)21(17)25-18/h7-9,12-14,25H,6,10-11H2,1-5H3,(H,24,27). The van der Waals surface area contributed by atoms with Gasteiger partial charge >= 0.3 is 0 Å². The number of aromatic amines is 1. The fourth-order valence-electron chi connectivity index (χ4n) is 3.55. The molecular weight excluding hydrogens is 382 g/mol. The Labute approximate surface area is 176 Å². The maximum Gasteiger partial charge on any atom is 0.267 e. The summed E-state index contributed by atoms with van der Waals surface area (Å²) < 4.78 is 16.3. The Morgan fingerprint density at radius 2 is 1.83 bits per heavy atom. The number of aromatic nitrogens is 1. The molecule has 0 unspecified atom stereocenters. The number of hydrogen-bond acceptors (Lipinski definition) is 5. The molecule has 0 atom stereocenters. The van der Waals surface area contributed by atoms with Crippen LogP contribution in [0.3, 0.4) is 0 Å². The van der Waals surface area contributed by atoms with E-state index in [9.17, 15) is 4.79 Å². The van der Waals surface area contributed by atoms with Gasteiger partial charge in [-0.3, -0.25) is 4.79 Å². The first-order valence-corrected chi connectivity index (χ1v) is 9.93. The Kier molecular flexibility index (Phi) is 6.72. The van der Waals surface area contributed by atoms with Crippen molar-refractivity contribution in [2.24, 2.45) is 0 Å². The summed E-state index contributed by atoms with van der Waals surface area (Å²) in [5.41, 5.74) is 3.47. The maximum atomic E-state index is 12.8. The Bertz CT molecular complexity index is 1030. The van der Waals surface area contributed by atoms with Gasteiger partial charge in [-0.1, -0.05) is 12.1 Å². The molecule has 0 saturated heterocycles. The maximum absolute atomic E-state index is 12.8. The van der Waals surface area contributed by atoms with E-state index in [1.807, 2.05) is 6.07 Å². The zero-order valence-corrected chi connectivity index (χ0v) is 18.2. The minimum atomic E-state index is -0.186. The molecule has 0 bridgehead atoms. The summed E-state index contributed by atoms with van der Waals surface area (Å²) in [5, 5.41) is 3.75. The third-order valence-corrected chi connectivity index (χ3v) is 5.10. The van der Waals surface area contributed by atoms with Crippen LogP contribution in [-0.4, -0.2) is 51.9 Å². The zero-order chi connectivity index (χ0) is 21.7. The monoisotopic (exact) mass is 411 g/mol. The number of methoxy groups -OCH3 is 3. The topological polar surface area (TPSA) is 75.8 Å². The number of nitrogens with zero attached hydrogens (tertiary/aromatic N) is 1. The van der Waals surface area contributed by atoms with E-state index in [1.54, 1.807) is 33.5 Å². The lowest BCUT2D eigenvalue weighted by Gasteiger charge is -2.23. The molecule has 0 aliphatic heterocycles. The van der Waals surface area contributed by atoms with Gasteiger partial charge in [0.1, 0.15) is 11.4 Å². The summed E-state index contributed by atoms with van der Waals surface area (Å²) >= 11 is 0. The molecule has 0 aliphatic carbocycles. The highest BCUT2D eigenvalue weighted by Crippen LogP contribution is 2.41. The van der Waals surface area contributed by atoms with Crippen molar-refractivity contribution in [3.8, 4) is 17.2 Å². The van der Waals surface area contributed by atoms with Crippen molar-refractivity contribution in [1.82, 2.24) is 10.3 Å². The first-order chi connectivity index (χ1) is 14.5. The van der Waals surface area contributed by atoms with Gasteiger partial charge in [0.25, 0.3) is 5.91 Å². The van der Waals surface area contributed by atoms with Crippen LogP contribution in [0, 0.1) is 6.92 Å². The number of carbonyl (C=O) groups excluding carboxylic acids is 1. The molecule has 2 aromatic carbocycles. The second-order valence-electron chi connectivity index (χ2n) is 6.96. The highest BCUT2D eigenvalue weighted by molar-refractivity contribution is 6.02. The van der Waals surface area contributed by atoms with E-state index in [2.05, 4.69) is 47.2 Å². The number of nitrogens with one attached hydrogen (secondary N) is 2. The van der Waals surface area contributed by atoms with Crippen LogP contribution in [0.2, 0.25) is 0 Å². The Morgan fingerprint density at radius 1 is 1.07 bits per heavy atom. The van der Waals surface area contributed by atoms with Crippen LogP contribution in [0.5, 0.6) is 17.2 Å². The molecule has 2 N–H and O–H groups in total. The molecule has 7 nitrogen and oxygen atoms in total. The van der Waals surface area contributed by atoms with Crippen molar-refractivity contribution in [2.45, 2.75) is 13.8 Å². The van der Waals surface area contributed by atoms with E-state index < -0.39 is 0 Å². The van der Waals surface area contributed by atoms with Crippen LogP contribution in [-0.2, 0) is 0 Å². The summed E-state index contributed by atoms with van der Waals surface area (Å²) in [6, 6.07) is 11.9. The molecule has 0 saturated carbocycles. The van der Waals surface area contributed by atoms with E-state index in [4.69, 9.17) is 14.2 Å². The number of likely N-dealkylation sites (N-methyl/N-ethyl adjacent to an activating group) is 1. The molecular formula is C23H29N3O4. The zero-order valence-electron chi connectivity index (χ0n) is 18.2. The van der Waals surface area contributed by atoms with Crippen LogP contribution in [0.4, 0.5) is 5.69 Å². The van der Waals surface area contributed by atoms with Crippen LogP contribution in [0.1, 0.15) is 23.0 Å². The molecule has 160 valence electrons. The first kappa shape index (κ1) is 21.4. The number of aryl methyl sites for hydroxylation is 1. The number of ether oxygens (including phenoxy) is 3. The summed E-state index contributed by atoms with van der Waals surface area (Å²) in [4.78, 5) is 18.1. The number of fused-ring (bicyclic) bond motifs is 1. The summed E-state index contributed by atoms with van der Waals surface area (Å²) in [7, 11) is 4.71. The summed E-state index contributed by atoms with van der Waals surface area (Å²) in [6.45, 7) is 6.28. The lowest BCUT2D eigenvalue weighted by molar-refractivity contribution is 0.0950. The van der Waals surface area contributed by atoms with Crippen LogP contribution in [0.25, 0.3) is 10.9 Å². The Hall–Kier alpha value is -3.35. The largest absolute Gasteiger partial charge is 0.496 e. The lowest BCUT2D eigenvalue weighted by atomic mass is 10.2. The highest BCUT2D eigenvalue weighted by atomic mass is 16.5. The SMILES string of the molecule is CCN(CCNC(=O)c1cc2c(OC)cc(OC)c(OC)c2[nH]1)c1cccc(C)c1. The quantitative estimate of drug-likeness (QED) is 0.561. The number of rotatable bonds is 9. The van der Waals surface area contributed by atoms with Gasteiger partial charge in [-0.15, -0.1) is 0 Å². The normalized spacial score (nSPS) is 10.7. The van der Waals surface area contributed by atoms with Gasteiger partial charge in [-0.05, 0) is 37.6 Å². The third kappa shape index (κ3) is 4.30. The van der Waals surface area contributed by atoms with Gasteiger partial charge in [0.05, 0.1) is 26.8 Å². The van der Waals surface area contributed by atoms with Crippen molar-refractivity contribution in [1.29, 1.82) is 0 Å². The number of anilines is 1. The van der Waals surface area contributed by atoms with Crippen molar-refractivity contribution < 1.29 is 19.0 Å². The molecule has 0 fully saturated rings. The number of H-pyrrole nitrogens is 1. The number of hydrogen-bond donors (Lipinski definition) is 2. The predicted octanol–water partition coefficient (Wildman–Crippen LogP) is 3.76. The molecule has 3 aromatic rings. The van der Waals surface area contributed by atoms with Crippen molar-refractivity contribution in [3.63, 3.8) is 0 Å². The van der Waals surface area contributed by atoms with Crippen molar-refractivity contribution in [3.05, 3.63) is 47.7 Å². The molecule has 3 rings (SSSR count). The molecule has 0 aliphatic rings. The predicted molar refractivity (Wildman–Crippen MR) is 119 cm³/mol. The highest BCUT2D eigenvalue weighted by Gasteiger charge is 2.19. The van der Waals surface area contributed by atoms with Crippen molar-refractivity contribution in [2.75, 3.05) is 45.9 Å². The van der Waals surface area contributed by atoms with E-state index >= 15 is 0 Å². The number of carbonyl (C=O) groups is 1. The van der Waals surface area contributed by atoms with Gasteiger partial charge < -0.3 is 29.4 Å². The van der Waals surface area contributed by atoms with Gasteiger partial charge in [0.15, 0.2) is 11.5 Å². The molecule has 1 amide bonds. The van der Waals surface area contributed by atoms with Gasteiger partial charge in [-0.2, -0.15) is 0 Å². The van der Waals surface area contributed by atoms with Crippen LogP contribution in [0.15, 0.2) is 36.4 Å². The van der Waals surface area contributed by atoms with E-state index in [-0.39, 0.29) is 5.91 Å². The average molecular weight is 412 g/mol. The third-order valence-electron chi connectivity index (χ3n) is 5.10. The van der Waals surface area contributed by atoms with Crippen molar-refractivity contribution >= 4 is 22.5 Å². The fourth-order valence-corrected chi connectivity index (χ4v) is 3.55. The average Bonchev–Trinajstić information content (AvgIpc) is 3.20. The Morgan fingerprint density at radius 3 is 2.47 bits per heavy atom. The van der Waals surface area contributed by atoms with Gasteiger partial charge in [-0.25, -0.2) is 0 Å². The number of amides is 1. The molecule has 1 heterocycles. The van der Waals surface area contributed by atoms with E-state index in [0.29, 0.717) is 41.5 Å². The van der Waals surface area contributed by atoms with Gasteiger partial charge in [0, 0.05) is 36.8 Å². The molecule has 1 aromatic heterocycles. The van der Waals surface area contributed by atoms with E-state index in [1.165, 1.54) is 5.56 Å². The Balaban J connectivity index is 1.75. The molecule has 7 heteroatoms. The van der Waals surface area contributed by atoms with E-state index in [0.717, 1.165) is 17.6 Å². The first-order valence-electron chi connectivity index (χ1n) is 9.93. The van der Waals surface area contributed by atoms with Crippen LogP contribution < -0.4 is 24.4 Å². The van der Waals surface area contributed by atoms with Crippen LogP contribution >= 0.6 is 0 Å². The second-order valence-corrected chi connectivity index (χ2v) is 6.96. The summed E-state index contributed by atoms with van der Waals surface area (Å²) in [5.74, 6) is 1.49. The molecule has 30 heavy (non-hydrogen) atoms.